The first-order valence-electron chi connectivity index (χ1n) is 4.84. The van der Waals surface area contributed by atoms with Crippen LogP contribution in [0, 0.1) is 0 Å². The third-order valence-electron chi connectivity index (χ3n) is 1.91. The Morgan fingerprint density at radius 1 is 1.50 bits per heavy atom. The van der Waals surface area contributed by atoms with Gasteiger partial charge in [-0.3, -0.25) is 9.69 Å². The Morgan fingerprint density at radius 3 is 2.57 bits per heavy atom. The molecule has 1 N–H and O–H groups in total. The van der Waals surface area contributed by atoms with Crippen molar-refractivity contribution >= 4 is 5.97 Å². The molecule has 3 heteroatoms. The van der Waals surface area contributed by atoms with Gasteiger partial charge in [0.2, 0.25) is 0 Å². The molecule has 0 heterocycles. The summed E-state index contributed by atoms with van der Waals surface area (Å²) in [4.78, 5) is 12.7. The molecule has 0 aliphatic carbocycles. The average Bonchev–Trinajstić information content (AvgIpc) is 2.14. The molecule has 1 unspecified atom stereocenters. The first-order chi connectivity index (χ1) is 6.63. The highest BCUT2D eigenvalue weighted by Gasteiger charge is 2.17. The Morgan fingerprint density at radius 2 is 2.14 bits per heavy atom. The lowest BCUT2D eigenvalue weighted by atomic mass is 10.2. The molecule has 0 aromatic carbocycles. The maximum absolute atomic E-state index is 10.9. The molecular formula is C11H19NO2. The van der Waals surface area contributed by atoms with E-state index in [2.05, 4.69) is 0 Å². The number of allylic oxidation sites excluding steroid dienone is 2. The van der Waals surface area contributed by atoms with E-state index in [0.717, 1.165) is 6.42 Å². The molecule has 0 aliphatic heterocycles. The van der Waals surface area contributed by atoms with Crippen LogP contribution in [0.2, 0.25) is 0 Å². The maximum atomic E-state index is 10.9. The number of carboxylic acids is 1. The fraction of sp³-hybridized carbons (Fsp3) is 0.545. The molecule has 0 radical (unpaired) electrons. The topological polar surface area (TPSA) is 40.5 Å². The van der Waals surface area contributed by atoms with Gasteiger partial charge in [0, 0.05) is 6.54 Å². The van der Waals surface area contributed by atoms with Crippen LogP contribution in [0.25, 0.3) is 0 Å². The molecule has 1 atom stereocenters. The first kappa shape index (κ1) is 12.9. The summed E-state index contributed by atoms with van der Waals surface area (Å²) in [6, 6.07) is -0.522. The van der Waals surface area contributed by atoms with Crippen LogP contribution in [-0.2, 0) is 4.79 Å². The van der Waals surface area contributed by atoms with E-state index in [1.54, 1.807) is 18.0 Å². The van der Waals surface area contributed by atoms with Crippen LogP contribution < -0.4 is 0 Å². The Hall–Kier alpha value is -1.09. The van der Waals surface area contributed by atoms with Crippen molar-refractivity contribution < 1.29 is 9.90 Å². The fourth-order valence-corrected chi connectivity index (χ4v) is 1.07. The first-order valence-corrected chi connectivity index (χ1v) is 4.84. The molecule has 3 nitrogen and oxygen atoms in total. The zero-order valence-electron chi connectivity index (χ0n) is 9.10. The van der Waals surface area contributed by atoms with Crippen molar-refractivity contribution in [3.63, 3.8) is 0 Å². The summed E-state index contributed by atoms with van der Waals surface area (Å²) in [6.07, 6.45) is 8.33. The van der Waals surface area contributed by atoms with Crippen molar-refractivity contribution in [2.45, 2.75) is 26.3 Å². The van der Waals surface area contributed by atoms with Crippen molar-refractivity contribution in [1.82, 2.24) is 4.90 Å². The molecule has 0 aromatic rings. The van der Waals surface area contributed by atoms with Crippen molar-refractivity contribution in [3.05, 3.63) is 24.3 Å². The number of hydrogen-bond donors (Lipinski definition) is 1. The van der Waals surface area contributed by atoms with Crippen LogP contribution in [0.3, 0.4) is 0 Å². The molecule has 0 saturated carbocycles. The second kappa shape index (κ2) is 7.33. The summed E-state index contributed by atoms with van der Waals surface area (Å²) >= 11 is 0. The van der Waals surface area contributed by atoms with E-state index in [-0.39, 0.29) is 0 Å². The largest absolute Gasteiger partial charge is 0.480 e. The molecule has 0 bridgehead atoms. The van der Waals surface area contributed by atoms with E-state index in [1.807, 2.05) is 32.1 Å². The number of carbonyl (C=O) groups is 1. The van der Waals surface area contributed by atoms with E-state index < -0.39 is 12.0 Å². The van der Waals surface area contributed by atoms with Crippen LogP contribution >= 0.6 is 0 Å². The molecule has 0 rings (SSSR count). The van der Waals surface area contributed by atoms with Crippen molar-refractivity contribution in [1.29, 1.82) is 0 Å². The van der Waals surface area contributed by atoms with E-state index >= 15 is 0 Å². The van der Waals surface area contributed by atoms with Gasteiger partial charge in [0.15, 0.2) is 0 Å². The van der Waals surface area contributed by atoms with Crippen LogP contribution in [0.5, 0.6) is 0 Å². The summed E-state index contributed by atoms with van der Waals surface area (Å²) in [5.74, 6) is -0.804. The lowest BCUT2D eigenvalue weighted by Gasteiger charge is -2.20. The lowest BCUT2D eigenvalue weighted by molar-refractivity contribution is -0.140. The van der Waals surface area contributed by atoms with Gasteiger partial charge >= 0.3 is 5.97 Å². The molecule has 0 fully saturated rings. The zero-order valence-corrected chi connectivity index (χ0v) is 9.10. The SMILES string of the molecule is C/C=C/CN(C)C(/C=C/CC)C(=O)O. The number of hydrogen-bond acceptors (Lipinski definition) is 2. The molecule has 0 saturated heterocycles. The average molecular weight is 197 g/mol. The van der Waals surface area contributed by atoms with E-state index in [0.29, 0.717) is 6.54 Å². The number of rotatable bonds is 6. The Bertz CT molecular complexity index is 221. The third-order valence-corrected chi connectivity index (χ3v) is 1.91. The maximum Gasteiger partial charge on any atom is 0.324 e. The van der Waals surface area contributed by atoms with Gasteiger partial charge in [0.05, 0.1) is 0 Å². The minimum Gasteiger partial charge on any atom is -0.480 e. The smallest absolute Gasteiger partial charge is 0.324 e. The van der Waals surface area contributed by atoms with E-state index in [9.17, 15) is 4.79 Å². The lowest BCUT2D eigenvalue weighted by Crippen LogP contribution is -2.36. The number of likely N-dealkylation sites (N-methyl/N-ethyl adjacent to an activating group) is 1. The molecule has 0 aromatic heterocycles. The Balaban J connectivity index is 4.32. The fourth-order valence-electron chi connectivity index (χ4n) is 1.07. The Kier molecular flexibility index (Phi) is 6.76. The third kappa shape index (κ3) is 4.82. The van der Waals surface area contributed by atoms with Crippen molar-refractivity contribution in [2.75, 3.05) is 13.6 Å². The minimum absolute atomic E-state index is 0.522. The Labute approximate surface area is 85.7 Å². The van der Waals surface area contributed by atoms with Gasteiger partial charge in [0.1, 0.15) is 6.04 Å². The normalized spacial score (nSPS) is 14.3. The van der Waals surface area contributed by atoms with Gasteiger partial charge < -0.3 is 5.11 Å². The minimum atomic E-state index is -0.804. The summed E-state index contributed by atoms with van der Waals surface area (Å²) in [5, 5.41) is 8.95. The standard InChI is InChI=1S/C11H19NO2/c1-4-6-8-10(11(13)14)12(3)9-7-5-2/h5-8,10H,4,9H2,1-3H3,(H,13,14)/b7-5+,8-6+. The highest BCUT2D eigenvalue weighted by molar-refractivity contribution is 5.75. The van der Waals surface area contributed by atoms with E-state index in [4.69, 9.17) is 5.11 Å². The second-order valence-corrected chi connectivity index (χ2v) is 3.13. The van der Waals surface area contributed by atoms with Gasteiger partial charge in [-0.2, -0.15) is 0 Å². The van der Waals surface area contributed by atoms with Crippen LogP contribution in [-0.4, -0.2) is 35.6 Å². The predicted molar refractivity (Wildman–Crippen MR) is 58.3 cm³/mol. The van der Waals surface area contributed by atoms with Crippen LogP contribution in [0.15, 0.2) is 24.3 Å². The summed E-state index contributed by atoms with van der Waals surface area (Å²) in [7, 11) is 1.80. The van der Waals surface area contributed by atoms with Crippen LogP contribution in [0.4, 0.5) is 0 Å². The molecule has 0 amide bonds. The zero-order chi connectivity index (χ0) is 11.0. The van der Waals surface area contributed by atoms with Gasteiger partial charge in [-0.15, -0.1) is 0 Å². The number of carboxylic acid groups (broad SMARTS) is 1. The van der Waals surface area contributed by atoms with Crippen molar-refractivity contribution in [3.8, 4) is 0 Å². The predicted octanol–water partition coefficient (Wildman–Crippen LogP) is 1.91. The molecule has 0 aliphatic rings. The van der Waals surface area contributed by atoms with Crippen molar-refractivity contribution in [2.24, 2.45) is 0 Å². The van der Waals surface area contributed by atoms with Gasteiger partial charge in [-0.05, 0) is 20.4 Å². The molecule has 14 heavy (non-hydrogen) atoms. The molecular weight excluding hydrogens is 178 g/mol. The highest BCUT2D eigenvalue weighted by Crippen LogP contribution is 2.00. The summed E-state index contributed by atoms with van der Waals surface area (Å²) in [5.41, 5.74) is 0. The highest BCUT2D eigenvalue weighted by atomic mass is 16.4. The van der Waals surface area contributed by atoms with Gasteiger partial charge in [-0.1, -0.05) is 31.2 Å². The molecule has 80 valence electrons. The van der Waals surface area contributed by atoms with Gasteiger partial charge in [0.25, 0.3) is 0 Å². The van der Waals surface area contributed by atoms with Crippen LogP contribution in [0.1, 0.15) is 20.3 Å². The summed E-state index contributed by atoms with van der Waals surface area (Å²) < 4.78 is 0. The van der Waals surface area contributed by atoms with E-state index in [1.165, 1.54) is 0 Å². The second-order valence-electron chi connectivity index (χ2n) is 3.13. The molecule has 0 spiro atoms. The number of aliphatic carboxylic acids is 1. The van der Waals surface area contributed by atoms with Gasteiger partial charge in [-0.25, -0.2) is 0 Å². The quantitative estimate of drug-likeness (QED) is 0.661. The summed E-state index contributed by atoms with van der Waals surface area (Å²) in [6.45, 7) is 4.56. The monoisotopic (exact) mass is 197 g/mol. The number of nitrogens with zero attached hydrogens (tertiary/aromatic N) is 1.